The van der Waals surface area contributed by atoms with Crippen molar-refractivity contribution in [1.29, 1.82) is 0 Å². The zero-order chi connectivity index (χ0) is 17.1. The van der Waals surface area contributed by atoms with E-state index >= 15 is 0 Å². The molecule has 0 N–H and O–H groups in total. The first kappa shape index (κ1) is 15.9. The topological polar surface area (TPSA) is 43.4 Å². The van der Waals surface area contributed by atoms with Gasteiger partial charge >= 0.3 is 5.97 Å². The van der Waals surface area contributed by atoms with E-state index in [1.165, 1.54) is 12.5 Å². The second-order valence-electron chi connectivity index (χ2n) is 8.41. The highest BCUT2D eigenvalue weighted by Crippen LogP contribution is 2.61. The fourth-order valence-electron chi connectivity index (χ4n) is 5.79. The van der Waals surface area contributed by atoms with Gasteiger partial charge in [-0.25, -0.2) is 0 Å². The number of rotatable bonds is 1. The van der Waals surface area contributed by atoms with Crippen LogP contribution >= 0.6 is 0 Å². The van der Waals surface area contributed by atoms with Crippen LogP contribution in [0.5, 0.6) is 0 Å². The fraction of sp³-hybridized carbons (Fsp3) is 0.619. The molecule has 128 valence electrons. The molecule has 3 heteroatoms. The predicted molar refractivity (Wildman–Crippen MR) is 92.1 cm³/mol. The molecular weight excluding hydrogens is 300 g/mol. The van der Waals surface area contributed by atoms with E-state index in [-0.39, 0.29) is 22.9 Å². The van der Waals surface area contributed by atoms with Gasteiger partial charge in [-0.15, -0.1) is 0 Å². The smallest absolute Gasteiger partial charge is 0.303 e. The van der Waals surface area contributed by atoms with Crippen LogP contribution in [0.3, 0.4) is 0 Å². The molecule has 24 heavy (non-hydrogen) atoms. The number of esters is 1. The van der Waals surface area contributed by atoms with E-state index in [2.05, 4.69) is 38.2 Å². The van der Waals surface area contributed by atoms with E-state index in [0.29, 0.717) is 23.5 Å². The molecule has 0 saturated heterocycles. The summed E-state index contributed by atoms with van der Waals surface area (Å²) in [6, 6.07) is 0. The standard InChI is InChI=1S/C21H26O3/c1-13(22)24-15-8-10-20(2)14(12-15)4-5-16-17-6-7-19(23)21(17,3)11-9-18(16)20/h4-5,8,10,12,15-18H,6-7,9,11H2,1-3H3/t15?,16?,17?,18?,20-,21-/m0/s1. The number of ketones is 1. The SMILES string of the molecule is CC(=O)OC1C=C[C@@]2(C)C(=C1)C=CC1C2CC[C@]2(C)C(=O)CCC12. The van der Waals surface area contributed by atoms with Crippen molar-refractivity contribution in [2.75, 3.05) is 0 Å². The molecule has 0 aromatic rings. The van der Waals surface area contributed by atoms with E-state index in [0.717, 1.165) is 25.7 Å². The van der Waals surface area contributed by atoms with E-state index in [9.17, 15) is 9.59 Å². The Balaban J connectivity index is 1.68. The lowest BCUT2D eigenvalue weighted by Crippen LogP contribution is -2.48. The number of hydrogen-bond acceptors (Lipinski definition) is 3. The van der Waals surface area contributed by atoms with Crippen LogP contribution in [0.2, 0.25) is 0 Å². The Morgan fingerprint density at radius 1 is 1.21 bits per heavy atom. The molecule has 4 aliphatic carbocycles. The zero-order valence-electron chi connectivity index (χ0n) is 14.7. The summed E-state index contributed by atoms with van der Waals surface area (Å²) in [5.74, 6) is 1.72. The molecule has 0 aliphatic heterocycles. The Labute approximate surface area is 143 Å². The van der Waals surface area contributed by atoms with Crippen molar-refractivity contribution < 1.29 is 14.3 Å². The Hall–Kier alpha value is -1.64. The minimum absolute atomic E-state index is 0.0109. The molecule has 0 radical (unpaired) electrons. The number of ether oxygens (including phenoxy) is 1. The van der Waals surface area contributed by atoms with Crippen LogP contribution in [0, 0.1) is 28.6 Å². The number of carbonyl (C=O) groups excluding carboxylic acids is 2. The molecule has 2 saturated carbocycles. The van der Waals surface area contributed by atoms with E-state index in [1.54, 1.807) is 0 Å². The van der Waals surface area contributed by atoms with Gasteiger partial charge in [0.15, 0.2) is 0 Å². The van der Waals surface area contributed by atoms with Gasteiger partial charge in [-0.1, -0.05) is 32.1 Å². The van der Waals surface area contributed by atoms with Crippen molar-refractivity contribution in [2.24, 2.45) is 28.6 Å². The monoisotopic (exact) mass is 326 g/mol. The number of carbonyl (C=O) groups is 2. The molecule has 4 aliphatic rings. The maximum atomic E-state index is 12.4. The average Bonchev–Trinajstić information content (AvgIpc) is 2.83. The van der Waals surface area contributed by atoms with Gasteiger partial charge in [0.2, 0.25) is 0 Å². The summed E-state index contributed by atoms with van der Waals surface area (Å²) >= 11 is 0. The Morgan fingerprint density at radius 2 is 2.00 bits per heavy atom. The summed E-state index contributed by atoms with van der Waals surface area (Å²) in [6.07, 6.45) is 14.5. The third kappa shape index (κ3) is 2.09. The van der Waals surface area contributed by atoms with E-state index in [4.69, 9.17) is 4.74 Å². The Bertz CT molecular complexity index is 685. The minimum Gasteiger partial charge on any atom is -0.454 e. The molecule has 2 fully saturated rings. The second kappa shape index (κ2) is 5.18. The molecule has 4 unspecified atom stereocenters. The van der Waals surface area contributed by atoms with Crippen molar-refractivity contribution in [1.82, 2.24) is 0 Å². The molecule has 4 rings (SSSR count). The minimum atomic E-state index is -0.256. The van der Waals surface area contributed by atoms with Crippen molar-refractivity contribution in [3.05, 3.63) is 36.0 Å². The third-order valence-electron chi connectivity index (χ3n) is 7.21. The van der Waals surface area contributed by atoms with Crippen LogP contribution in [0.4, 0.5) is 0 Å². The van der Waals surface area contributed by atoms with Gasteiger partial charge in [0.25, 0.3) is 0 Å². The van der Waals surface area contributed by atoms with E-state index in [1.807, 2.05) is 6.08 Å². The van der Waals surface area contributed by atoms with Gasteiger partial charge in [-0.05, 0) is 54.7 Å². The molecule has 3 nitrogen and oxygen atoms in total. The lowest BCUT2D eigenvalue weighted by Gasteiger charge is -2.53. The first-order chi connectivity index (χ1) is 11.3. The molecule has 0 amide bonds. The van der Waals surface area contributed by atoms with Gasteiger partial charge < -0.3 is 4.74 Å². The quantitative estimate of drug-likeness (QED) is 0.540. The summed E-state index contributed by atoms with van der Waals surface area (Å²) < 4.78 is 5.34. The van der Waals surface area contributed by atoms with Crippen molar-refractivity contribution in [2.45, 2.75) is 52.6 Å². The molecular formula is C21H26O3. The Kier molecular flexibility index (Phi) is 3.42. The summed E-state index contributed by atoms with van der Waals surface area (Å²) in [6.45, 7) is 5.95. The van der Waals surface area contributed by atoms with Crippen LogP contribution in [0.25, 0.3) is 0 Å². The molecule has 0 spiro atoms. The highest BCUT2D eigenvalue weighted by molar-refractivity contribution is 5.87. The molecule has 0 heterocycles. The number of allylic oxidation sites excluding steroid dienone is 4. The fourth-order valence-corrected chi connectivity index (χ4v) is 5.79. The van der Waals surface area contributed by atoms with Crippen molar-refractivity contribution >= 4 is 11.8 Å². The van der Waals surface area contributed by atoms with Crippen LogP contribution in [-0.4, -0.2) is 17.9 Å². The molecule has 0 aromatic heterocycles. The summed E-state index contributed by atoms with van der Waals surface area (Å²) in [7, 11) is 0. The molecule has 0 bridgehead atoms. The van der Waals surface area contributed by atoms with E-state index < -0.39 is 0 Å². The lowest BCUT2D eigenvalue weighted by atomic mass is 9.50. The second-order valence-corrected chi connectivity index (χ2v) is 8.41. The average molecular weight is 326 g/mol. The summed E-state index contributed by atoms with van der Waals surface area (Å²) in [4.78, 5) is 23.7. The maximum Gasteiger partial charge on any atom is 0.303 e. The van der Waals surface area contributed by atoms with Crippen LogP contribution in [-0.2, 0) is 14.3 Å². The Morgan fingerprint density at radius 3 is 2.75 bits per heavy atom. The summed E-state index contributed by atoms with van der Waals surface area (Å²) in [5, 5.41) is 0. The highest BCUT2D eigenvalue weighted by Gasteiger charge is 2.57. The number of hydrogen-bond donors (Lipinski definition) is 0. The summed E-state index contributed by atoms with van der Waals surface area (Å²) in [5.41, 5.74) is 1.13. The first-order valence-electron chi connectivity index (χ1n) is 9.15. The normalized spacial score (nSPS) is 46.0. The van der Waals surface area contributed by atoms with Gasteiger partial charge in [-0.3, -0.25) is 9.59 Å². The van der Waals surface area contributed by atoms with Crippen LogP contribution in [0.1, 0.15) is 46.5 Å². The third-order valence-corrected chi connectivity index (χ3v) is 7.21. The molecule has 6 atom stereocenters. The molecule has 0 aromatic carbocycles. The number of Topliss-reactive ketones (excluding diaryl/α,β-unsaturated/α-hetero) is 1. The largest absolute Gasteiger partial charge is 0.454 e. The predicted octanol–water partition coefficient (Wildman–Crippen LogP) is 4.00. The van der Waals surface area contributed by atoms with Gasteiger partial charge in [0.1, 0.15) is 11.9 Å². The maximum absolute atomic E-state index is 12.4. The lowest BCUT2D eigenvalue weighted by molar-refractivity contribution is -0.142. The van der Waals surface area contributed by atoms with Crippen LogP contribution < -0.4 is 0 Å². The zero-order valence-corrected chi connectivity index (χ0v) is 14.7. The van der Waals surface area contributed by atoms with Gasteiger partial charge in [-0.2, -0.15) is 0 Å². The van der Waals surface area contributed by atoms with Crippen molar-refractivity contribution in [3.8, 4) is 0 Å². The first-order valence-corrected chi connectivity index (χ1v) is 9.15. The van der Waals surface area contributed by atoms with Gasteiger partial charge in [0, 0.05) is 24.2 Å². The van der Waals surface area contributed by atoms with Crippen molar-refractivity contribution in [3.63, 3.8) is 0 Å². The van der Waals surface area contributed by atoms with Gasteiger partial charge in [0.05, 0.1) is 0 Å². The highest BCUT2D eigenvalue weighted by atomic mass is 16.5. The van der Waals surface area contributed by atoms with Crippen LogP contribution in [0.15, 0.2) is 36.0 Å². The number of fused-ring (bicyclic) bond motifs is 5.